The lowest BCUT2D eigenvalue weighted by molar-refractivity contribution is -0.140. The van der Waals surface area contributed by atoms with Gasteiger partial charge in [0, 0.05) is 24.8 Å². The number of rotatable bonds is 6. The molecule has 1 amide bonds. The van der Waals surface area contributed by atoms with E-state index in [9.17, 15) is 14.4 Å². The lowest BCUT2D eigenvalue weighted by atomic mass is 10.1. The minimum atomic E-state index is -0.550. The van der Waals surface area contributed by atoms with E-state index >= 15 is 0 Å². The van der Waals surface area contributed by atoms with Gasteiger partial charge in [0.15, 0.2) is 0 Å². The number of carbonyl (C=O) groups is 3. The van der Waals surface area contributed by atoms with Crippen molar-refractivity contribution in [3.63, 3.8) is 0 Å². The fourth-order valence-corrected chi connectivity index (χ4v) is 1.86. The first kappa shape index (κ1) is 16.2. The first-order valence-corrected chi connectivity index (χ1v) is 6.75. The fourth-order valence-electron chi connectivity index (χ4n) is 1.58. The standard InChI is InChI=1S/C14H17NO4S/c1-9(16)7-11(8-20)14(18)19-13-5-3-12(4-6-13)15-10(2)17/h3-6,11,20H,7-8H2,1-2H3,(H,15,17)/t11-/m0/s1. The monoisotopic (exact) mass is 295 g/mol. The first-order valence-electron chi connectivity index (χ1n) is 6.12. The SMILES string of the molecule is CC(=O)C[C@@H](CS)C(=O)Oc1ccc(NC(C)=O)cc1. The molecule has 20 heavy (non-hydrogen) atoms. The van der Waals surface area contributed by atoms with Gasteiger partial charge in [-0.3, -0.25) is 9.59 Å². The third-order valence-electron chi connectivity index (χ3n) is 2.48. The van der Waals surface area contributed by atoms with E-state index < -0.39 is 11.9 Å². The number of ether oxygens (including phenoxy) is 1. The van der Waals surface area contributed by atoms with Crippen molar-refractivity contribution in [2.45, 2.75) is 20.3 Å². The van der Waals surface area contributed by atoms with Crippen LogP contribution in [0.15, 0.2) is 24.3 Å². The molecule has 0 unspecified atom stereocenters. The van der Waals surface area contributed by atoms with Gasteiger partial charge in [-0.1, -0.05) is 0 Å². The Balaban J connectivity index is 2.65. The summed E-state index contributed by atoms with van der Waals surface area (Å²) in [5, 5.41) is 2.61. The minimum Gasteiger partial charge on any atom is -0.426 e. The van der Waals surface area contributed by atoms with E-state index in [0.717, 1.165) is 0 Å². The highest BCUT2D eigenvalue weighted by molar-refractivity contribution is 7.80. The zero-order chi connectivity index (χ0) is 15.1. The second kappa shape index (κ2) is 7.69. The lowest BCUT2D eigenvalue weighted by Crippen LogP contribution is -2.24. The molecule has 108 valence electrons. The zero-order valence-corrected chi connectivity index (χ0v) is 12.3. The topological polar surface area (TPSA) is 72.5 Å². The van der Waals surface area contributed by atoms with Gasteiger partial charge < -0.3 is 14.8 Å². The number of esters is 1. The molecule has 0 heterocycles. The molecule has 0 spiro atoms. The Labute approximate surface area is 123 Å². The van der Waals surface area contributed by atoms with Gasteiger partial charge >= 0.3 is 5.97 Å². The van der Waals surface area contributed by atoms with Crippen LogP contribution in [0.2, 0.25) is 0 Å². The summed E-state index contributed by atoms with van der Waals surface area (Å²) < 4.78 is 5.18. The Bertz CT molecular complexity index is 498. The van der Waals surface area contributed by atoms with Gasteiger partial charge in [0.25, 0.3) is 0 Å². The van der Waals surface area contributed by atoms with Crippen LogP contribution in [0.3, 0.4) is 0 Å². The van der Waals surface area contributed by atoms with E-state index in [1.54, 1.807) is 24.3 Å². The largest absolute Gasteiger partial charge is 0.426 e. The number of hydrogen-bond donors (Lipinski definition) is 2. The van der Waals surface area contributed by atoms with Crippen molar-refractivity contribution in [3.05, 3.63) is 24.3 Å². The van der Waals surface area contributed by atoms with Gasteiger partial charge in [-0.2, -0.15) is 12.6 Å². The summed E-state index contributed by atoms with van der Waals surface area (Å²) in [6.07, 6.45) is 0.117. The number of carbonyl (C=O) groups excluding carboxylic acids is 3. The van der Waals surface area contributed by atoms with Crippen molar-refractivity contribution in [1.29, 1.82) is 0 Å². The van der Waals surface area contributed by atoms with Crippen LogP contribution in [0.5, 0.6) is 5.75 Å². The van der Waals surface area contributed by atoms with E-state index in [2.05, 4.69) is 17.9 Å². The maximum absolute atomic E-state index is 11.8. The predicted molar refractivity (Wildman–Crippen MR) is 79.0 cm³/mol. The van der Waals surface area contributed by atoms with Crippen LogP contribution in [0, 0.1) is 5.92 Å². The molecule has 1 aromatic carbocycles. The molecule has 1 N–H and O–H groups in total. The van der Waals surface area contributed by atoms with Gasteiger partial charge in [-0.15, -0.1) is 0 Å². The van der Waals surface area contributed by atoms with Crippen molar-refractivity contribution < 1.29 is 19.1 Å². The molecule has 1 atom stereocenters. The van der Waals surface area contributed by atoms with Gasteiger partial charge in [0.2, 0.25) is 5.91 Å². The number of nitrogens with one attached hydrogen (secondary N) is 1. The highest BCUT2D eigenvalue weighted by Crippen LogP contribution is 2.18. The Kier molecular flexibility index (Phi) is 6.24. The van der Waals surface area contributed by atoms with Crippen LogP contribution in [-0.4, -0.2) is 23.4 Å². The van der Waals surface area contributed by atoms with E-state index in [1.165, 1.54) is 13.8 Å². The molecule has 0 aliphatic rings. The Morgan fingerprint density at radius 2 is 1.80 bits per heavy atom. The molecule has 0 aromatic heterocycles. The average molecular weight is 295 g/mol. The molecule has 1 rings (SSSR count). The van der Waals surface area contributed by atoms with Crippen molar-refractivity contribution >= 4 is 36.0 Å². The number of thiol groups is 1. The molecule has 0 aliphatic carbocycles. The van der Waals surface area contributed by atoms with Crippen LogP contribution in [0.4, 0.5) is 5.69 Å². The number of hydrogen-bond acceptors (Lipinski definition) is 5. The molecule has 1 aromatic rings. The Morgan fingerprint density at radius 1 is 1.20 bits per heavy atom. The van der Waals surface area contributed by atoms with E-state index in [4.69, 9.17) is 4.74 Å². The predicted octanol–water partition coefficient (Wildman–Crippen LogP) is 2.08. The molecular weight excluding hydrogens is 278 g/mol. The molecular formula is C14H17NO4S. The second-order valence-electron chi connectivity index (χ2n) is 4.41. The van der Waals surface area contributed by atoms with Crippen LogP contribution in [-0.2, 0) is 14.4 Å². The fraction of sp³-hybridized carbons (Fsp3) is 0.357. The third kappa shape index (κ3) is 5.44. The molecule has 0 radical (unpaired) electrons. The van der Waals surface area contributed by atoms with Gasteiger partial charge in [0.05, 0.1) is 5.92 Å². The first-order chi connectivity index (χ1) is 9.42. The lowest BCUT2D eigenvalue weighted by Gasteiger charge is -2.12. The number of anilines is 1. The summed E-state index contributed by atoms with van der Waals surface area (Å²) in [6, 6.07) is 6.41. The van der Waals surface area contributed by atoms with Gasteiger partial charge in [-0.05, 0) is 31.2 Å². The summed E-state index contributed by atoms with van der Waals surface area (Å²) in [4.78, 5) is 33.8. The molecule has 6 heteroatoms. The van der Waals surface area contributed by atoms with Crippen molar-refractivity contribution in [2.24, 2.45) is 5.92 Å². The molecule has 0 bridgehead atoms. The zero-order valence-electron chi connectivity index (χ0n) is 11.4. The van der Waals surface area contributed by atoms with E-state index in [-0.39, 0.29) is 23.9 Å². The molecule has 0 saturated heterocycles. The smallest absolute Gasteiger partial charge is 0.315 e. The van der Waals surface area contributed by atoms with Crippen molar-refractivity contribution in [2.75, 3.05) is 11.1 Å². The quantitative estimate of drug-likeness (QED) is 0.479. The van der Waals surface area contributed by atoms with Crippen LogP contribution < -0.4 is 10.1 Å². The van der Waals surface area contributed by atoms with E-state index in [0.29, 0.717) is 11.4 Å². The summed E-state index contributed by atoms with van der Waals surface area (Å²) >= 11 is 4.05. The summed E-state index contributed by atoms with van der Waals surface area (Å²) in [6.45, 7) is 2.83. The maximum atomic E-state index is 11.8. The number of benzene rings is 1. The summed E-state index contributed by atoms with van der Waals surface area (Å²) in [7, 11) is 0. The molecule has 5 nitrogen and oxygen atoms in total. The van der Waals surface area contributed by atoms with Crippen LogP contribution in [0.25, 0.3) is 0 Å². The minimum absolute atomic E-state index is 0.0815. The summed E-state index contributed by atoms with van der Waals surface area (Å²) in [5.41, 5.74) is 0.617. The Morgan fingerprint density at radius 3 is 2.25 bits per heavy atom. The Hall–Kier alpha value is -1.82. The highest BCUT2D eigenvalue weighted by Gasteiger charge is 2.20. The van der Waals surface area contributed by atoms with Gasteiger partial charge in [-0.25, -0.2) is 0 Å². The number of amides is 1. The van der Waals surface area contributed by atoms with Crippen molar-refractivity contribution in [3.8, 4) is 5.75 Å². The van der Waals surface area contributed by atoms with Crippen LogP contribution >= 0.6 is 12.6 Å². The normalized spacial score (nSPS) is 11.6. The molecule has 0 aliphatic heterocycles. The maximum Gasteiger partial charge on any atom is 0.315 e. The van der Waals surface area contributed by atoms with Gasteiger partial charge in [0.1, 0.15) is 11.5 Å². The van der Waals surface area contributed by atoms with Crippen LogP contribution in [0.1, 0.15) is 20.3 Å². The highest BCUT2D eigenvalue weighted by atomic mass is 32.1. The number of ketones is 1. The third-order valence-corrected chi connectivity index (χ3v) is 2.92. The molecule has 0 saturated carbocycles. The second-order valence-corrected chi connectivity index (χ2v) is 4.78. The molecule has 0 fully saturated rings. The number of Topliss-reactive ketones (excluding diaryl/α,β-unsaturated/α-hetero) is 1. The van der Waals surface area contributed by atoms with Crippen molar-refractivity contribution in [1.82, 2.24) is 0 Å². The summed E-state index contributed by atoms with van der Waals surface area (Å²) in [5.74, 6) is -0.677. The average Bonchev–Trinajstić information content (AvgIpc) is 2.37. The van der Waals surface area contributed by atoms with E-state index in [1.807, 2.05) is 0 Å².